The van der Waals surface area contributed by atoms with Crippen molar-refractivity contribution < 1.29 is 5.11 Å². The molecule has 23 heavy (non-hydrogen) atoms. The van der Waals surface area contributed by atoms with E-state index in [4.69, 9.17) is 5.73 Å². The van der Waals surface area contributed by atoms with Gasteiger partial charge in [0, 0.05) is 28.4 Å². The minimum Gasteiger partial charge on any atom is -0.391 e. The predicted molar refractivity (Wildman–Crippen MR) is 100 cm³/mol. The highest BCUT2D eigenvalue weighted by Crippen LogP contribution is 2.31. The molecule has 3 aromatic rings. The second-order valence-electron chi connectivity index (χ2n) is 6.30. The third-order valence-electron chi connectivity index (χ3n) is 4.55. The normalized spacial score (nSPS) is 14.2. The molecule has 2 aromatic carbocycles. The van der Waals surface area contributed by atoms with E-state index in [0.717, 1.165) is 12.1 Å². The summed E-state index contributed by atoms with van der Waals surface area (Å²) in [5.74, 6) is 0.141. The van der Waals surface area contributed by atoms with Crippen LogP contribution in [-0.4, -0.2) is 15.8 Å². The molecule has 0 saturated heterocycles. The molecule has 124 valence electrons. The zero-order valence-electron chi connectivity index (χ0n) is 13.9. The van der Waals surface area contributed by atoms with E-state index >= 15 is 0 Å². The summed E-state index contributed by atoms with van der Waals surface area (Å²) in [6.45, 7) is 7.08. The Kier molecular flexibility index (Phi) is 5.35. The topological polar surface area (TPSA) is 51.2 Å². The van der Waals surface area contributed by atoms with Crippen LogP contribution < -0.4 is 5.73 Å². The smallest absolute Gasteiger partial charge is 0.0755 e. The summed E-state index contributed by atoms with van der Waals surface area (Å²) in [7, 11) is 0. The number of fused-ring (bicyclic) bond motifs is 3. The van der Waals surface area contributed by atoms with E-state index in [1.165, 1.54) is 21.8 Å². The summed E-state index contributed by atoms with van der Waals surface area (Å²) in [6.07, 6.45) is -0.531. The second-order valence-corrected chi connectivity index (χ2v) is 6.30. The van der Waals surface area contributed by atoms with Crippen molar-refractivity contribution in [2.24, 2.45) is 11.7 Å². The Labute approximate surface area is 143 Å². The molecular formula is C19H25ClN2O. The van der Waals surface area contributed by atoms with Gasteiger partial charge in [0.25, 0.3) is 0 Å². The Balaban J connectivity index is 0.00000192. The minimum atomic E-state index is -0.531. The lowest BCUT2D eigenvalue weighted by atomic mass is 9.93. The van der Waals surface area contributed by atoms with E-state index in [1.807, 2.05) is 19.9 Å². The van der Waals surface area contributed by atoms with E-state index in [9.17, 15) is 5.11 Å². The van der Waals surface area contributed by atoms with Crippen LogP contribution in [-0.2, 0) is 6.54 Å². The molecule has 0 aliphatic heterocycles. The predicted octanol–water partition coefficient (Wildman–Crippen LogP) is 4.25. The number of aliphatic hydroxyl groups excluding tert-OH is 1. The minimum absolute atomic E-state index is 0. The molecule has 1 heterocycles. The van der Waals surface area contributed by atoms with Crippen LogP contribution in [0.25, 0.3) is 21.8 Å². The second kappa shape index (κ2) is 6.91. The fourth-order valence-electron chi connectivity index (χ4n) is 3.23. The van der Waals surface area contributed by atoms with Gasteiger partial charge in [0.1, 0.15) is 0 Å². The fraction of sp³-hybridized carbons (Fsp3) is 0.368. The standard InChI is InChI=1S/C19H24N2O.ClH/c1-4-21-16-8-6-5-7-14(16)15-11-13(9-10-17(15)21)18(20)19(22)12(2)3;/h5-12,18-19,22H,4,20H2,1-3H3;1H/t18-,19+;/m1./s1. The number of benzene rings is 2. The van der Waals surface area contributed by atoms with Gasteiger partial charge in [0.05, 0.1) is 12.1 Å². The molecule has 0 spiro atoms. The Morgan fingerprint density at radius 2 is 1.70 bits per heavy atom. The average molecular weight is 333 g/mol. The van der Waals surface area contributed by atoms with E-state index < -0.39 is 6.10 Å². The van der Waals surface area contributed by atoms with Gasteiger partial charge in [-0.3, -0.25) is 0 Å². The molecule has 2 atom stereocenters. The lowest BCUT2D eigenvalue weighted by Gasteiger charge is -2.22. The van der Waals surface area contributed by atoms with Gasteiger partial charge >= 0.3 is 0 Å². The first-order valence-corrected chi connectivity index (χ1v) is 7.99. The summed E-state index contributed by atoms with van der Waals surface area (Å²) < 4.78 is 2.32. The molecule has 0 fully saturated rings. The van der Waals surface area contributed by atoms with Crippen molar-refractivity contribution in [3.8, 4) is 0 Å². The number of rotatable bonds is 4. The maximum absolute atomic E-state index is 10.3. The monoisotopic (exact) mass is 332 g/mol. The quantitative estimate of drug-likeness (QED) is 0.750. The zero-order valence-corrected chi connectivity index (χ0v) is 14.7. The van der Waals surface area contributed by atoms with Crippen LogP contribution in [0.15, 0.2) is 42.5 Å². The summed E-state index contributed by atoms with van der Waals surface area (Å²) in [6, 6.07) is 14.4. The molecule has 3 N–H and O–H groups in total. The number of aliphatic hydroxyl groups is 1. The van der Waals surface area contributed by atoms with Crippen molar-refractivity contribution in [1.29, 1.82) is 0 Å². The molecule has 4 heteroatoms. The van der Waals surface area contributed by atoms with Gasteiger partial charge in [-0.05, 0) is 36.6 Å². The van der Waals surface area contributed by atoms with Crippen molar-refractivity contribution >= 4 is 34.2 Å². The number of para-hydroxylation sites is 1. The van der Waals surface area contributed by atoms with Crippen molar-refractivity contribution in [1.82, 2.24) is 4.57 Å². The highest BCUT2D eigenvalue weighted by molar-refractivity contribution is 6.08. The number of nitrogens with zero attached hydrogens (tertiary/aromatic N) is 1. The van der Waals surface area contributed by atoms with Gasteiger partial charge in [-0.15, -0.1) is 12.4 Å². The molecule has 0 bridgehead atoms. The van der Waals surface area contributed by atoms with Crippen LogP contribution in [0.3, 0.4) is 0 Å². The highest BCUT2D eigenvalue weighted by atomic mass is 35.5. The van der Waals surface area contributed by atoms with Crippen LogP contribution in [0.2, 0.25) is 0 Å². The summed E-state index contributed by atoms with van der Waals surface area (Å²) >= 11 is 0. The van der Waals surface area contributed by atoms with Gasteiger partial charge in [-0.2, -0.15) is 0 Å². The first kappa shape index (κ1) is 17.8. The van der Waals surface area contributed by atoms with Gasteiger partial charge < -0.3 is 15.4 Å². The fourth-order valence-corrected chi connectivity index (χ4v) is 3.23. The number of nitrogens with two attached hydrogens (primary N) is 1. The molecule has 1 aromatic heterocycles. The molecule has 0 radical (unpaired) electrons. The van der Waals surface area contributed by atoms with E-state index in [1.54, 1.807) is 0 Å². The SMILES string of the molecule is CCn1c2ccccc2c2cc([C@@H](N)[C@@H](O)C(C)C)ccc21.Cl. The Hall–Kier alpha value is -1.55. The number of aromatic nitrogens is 1. The van der Waals surface area contributed by atoms with Gasteiger partial charge in [0.15, 0.2) is 0 Å². The van der Waals surface area contributed by atoms with Crippen molar-refractivity contribution in [2.45, 2.75) is 39.5 Å². The lowest BCUT2D eigenvalue weighted by molar-refractivity contribution is 0.0980. The van der Waals surface area contributed by atoms with Gasteiger partial charge in [0.2, 0.25) is 0 Å². The van der Waals surface area contributed by atoms with Crippen LogP contribution >= 0.6 is 12.4 Å². The first-order chi connectivity index (χ1) is 10.5. The van der Waals surface area contributed by atoms with Gasteiger partial charge in [-0.25, -0.2) is 0 Å². The molecule has 0 saturated carbocycles. The summed E-state index contributed by atoms with van der Waals surface area (Å²) in [5.41, 5.74) is 9.72. The van der Waals surface area contributed by atoms with Crippen molar-refractivity contribution in [3.05, 3.63) is 48.0 Å². The lowest BCUT2D eigenvalue weighted by Crippen LogP contribution is -2.30. The molecular weight excluding hydrogens is 308 g/mol. The molecule has 3 nitrogen and oxygen atoms in total. The number of hydrogen-bond acceptors (Lipinski definition) is 2. The first-order valence-electron chi connectivity index (χ1n) is 7.99. The van der Waals surface area contributed by atoms with Crippen molar-refractivity contribution in [3.63, 3.8) is 0 Å². The Bertz CT molecular complexity index is 810. The van der Waals surface area contributed by atoms with E-state index in [0.29, 0.717) is 0 Å². The van der Waals surface area contributed by atoms with E-state index in [2.05, 4.69) is 47.9 Å². The largest absolute Gasteiger partial charge is 0.391 e. The van der Waals surface area contributed by atoms with Crippen LogP contribution in [0.4, 0.5) is 0 Å². The Morgan fingerprint density at radius 1 is 1.04 bits per heavy atom. The van der Waals surface area contributed by atoms with Crippen molar-refractivity contribution in [2.75, 3.05) is 0 Å². The number of hydrogen-bond donors (Lipinski definition) is 2. The van der Waals surface area contributed by atoms with Gasteiger partial charge in [-0.1, -0.05) is 38.1 Å². The van der Waals surface area contributed by atoms with Crippen LogP contribution in [0, 0.1) is 5.92 Å². The molecule has 0 unspecified atom stereocenters. The average Bonchev–Trinajstić information content (AvgIpc) is 2.86. The Morgan fingerprint density at radius 3 is 2.35 bits per heavy atom. The third-order valence-corrected chi connectivity index (χ3v) is 4.55. The highest BCUT2D eigenvalue weighted by Gasteiger charge is 2.21. The van der Waals surface area contributed by atoms with E-state index in [-0.39, 0.29) is 24.4 Å². The molecule has 0 amide bonds. The molecule has 0 aliphatic carbocycles. The maximum atomic E-state index is 10.3. The third kappa shape index (κ3) is 2.97. The van der Waals surface area contributed by atoms with Crippen LogP contribution in [0.1, 0.15) is 32.4 Å². The number of aryl methyl sites for hydroxylation is 1. The van der Waals surface area contributed by atoms with Crippen LogP contribution in [0.5, 0.6) is 0 Å². The summed E-state index contributed by atoms with van der Waals surface area (Å²) in [4.78, 5) is 0. The maximum Gasteiger partial charge on any atom is 0.0755 e. The molecule has 3 rings (SSSR count). The zero-order chi connectivity index (χ0) is 15.9. The summed E-state index contributed by atoms with van der Waals surface area (Å²) in [5, 5.41) is 12.7. The number of halogens is 1. The molecule has 0 aliphatic rings.